The van der Waals surface area contributed by atoms with Crippen LogP contribution in [-0.2, 0) is 16.1 Å². The van der Waals surface area contributed by atoms with Gasteiger partial charge in [-0.2, -0.15) is 0 Å². The van der Waals surface area contributed by atoms with E-state index in [0.29, 0.717) is 26.1 Å². The van der Waals surface area contributed by atoms with Crippen LogP contribution in [0.2, 0.25) is 0 Å². The SMILES string of the molecule is CC[C@H](C)[C@H]1C(=O)Nc2ccccc2CN1C(=O)N1CC[C@H](C(=O)N(C)C)C1. The minimum Gasteiger partial charge on any atom is -0.349 e. The molecule has 1 saturated heterocycles. The van der Waals surface area contributed by atoms with Gasteiger partial charge in [0.05, 0.1) is 12.5 Å². The fraction of sp³-hybridized carbons (Fsp3) is 0.571. The summed E-state index contributed by atoms with van der Waals surface area (Å²) in [5.41, 5.74) is 1.69. The van der Waals surface area contributed by atoms with Gasteiger partial charge in [-0.05, 0) is 24.0 Å². The van der Waals surface area contributed by atoms with E-state index in [2.05, 4.69) is 5.32 Å². The van der Waals surface area contributed by atoms with Gasteiger partial charge in [0.1, 0.15) is 6.04 Å². The molecular weight excluding hydrogens is 356 g/mol. The summed E-state index contributed by atoms with van der Waals surface area (Å²) >= 11 is 0. The highest BCUT2D eigenvalue weighted by molar-refractivity contribution is 5.99. The molecule has 0 bridgehead atoms. The van der Waals surface area contributed by atoms with Crippen molar-refractivity contribution in [2.45, 2.75) is 39.3 Å². The van der Waals surface area contributed by atoms with Gasteiger partial charge < -0.3 is 20.0 Å². The Morgan fingerprint density at radius 3 is 2.68 bits per heavy atom. The van der Waals surface area contributed by atoms with Gasteiger partial charge in [0, 0.05) is 32.9 Å². The third-order valence-electron chi connectivity index (χ3n) is 5.90. The van der Waals surface area contributed by atoms with Gasteiger partial charge in [-0.25, -0.2) is 4.79 Å². The lowest BCUT2D eigenvalue weighted by atomic mass is 9.97. The van der Waals surface area contributed by atoms with E-state index >= 15 is 0 Å². The average Bonchev–Trinajstić information content (AvgIpc) is 3.11. The number of likely N-dealkylation sites (tertiary alicyclic amines) is 1. The van der Waals surface area contributed by atoms with E-state index in [0.717, 1.165) is 17.7 Å². The summed E-state index contributed by atoms with van der Waals surface area (Å²) in [5.74, 6) is -0.241. The number of anilines is 1. The first-order valence-electron chi connectivity index (χ1n) is 9.99. The molecule has 3 atom stereocenters. The molecule has 2 aliphatic heterocycles. The number of urea groups is 1. The number of hydrogen-bond acceptors (Lipinski definition) is 3. The Labute approximate surface area is 166 Å². The summed E-state index contributed by atoms with van der Waals surface area (Å²) in [5, 5.41) is 2.99. The topological polar surface area (TPSA) is 73.0 Å². The van der Waals surface area contributed by atoms with Crippen molar-refractivity contribution in [2.75, 3.05) is 32.5 Å². The molecule has 4 amide bonds. The summed E-state index contributed by atoms with van der Waals surface area (Å²) in [4.78, 5) is 43.7. The summed E-state index contributed by atoms with van der Waals surface area (Å²) in [6, 6.07) is 6.92. The van der Waals surface area contributed by atoms with E-state index in [9.17, 15) is 14.4 Å². The lowest BCUT2D eigenvalue weighted by molar-refractivity contribution is -0.132. The quantitative estimate of drug-likeness (QED) is 0.867. The largest absolute Gasteiger partial charge is 0.349 e. The first kappa shape index (κ1) is 20.2. The molecule has 1 N–H and O–H groups in total. The second-order valence-corrected chi connectivity index (χ2v) is 8.05. The van der Waals surface area contributed by atoms with Gasteiger partial charge in [-0.3, -0.25) is 9.59 Å². The Morgan fingerprint density at radius 2 is 2.00 bits per heavy atom. The Hall–Kier alpha value is -2.57. The van der Waals surface area contributed by atoms with Crippen molar-refractivity contribution < 1.29 is 14.4 Å². The van der Waals surface area contributed by atoms with Crippen LogP contribution in [0.4, 0.5) is 10.5 Å². The van der Waals surface area contributed by atoms with Gasteiger partial charge in [0.25, 0.3) is 0 Å². The smallest absolute Gasteiger partial charge is 0.321 e. The Morgan fingerprint density at radius 1 is 1.29 bits per heavy atom. The molecule has 3 rings (SSSR count). The number of fused-ring (bicyclic) bond motifs is 1. The molecule has 152 valence electrons. The van der Waals surface area contributed by atoms with Gasteiger partial charge in [-0.1, -0.05) is 38.5 Å². The number of nitrogens with one attached hydrogen (secondary N) is 1. The molecule has 2 aliphatic rings. The maximum absolute atomic E-state index is 13.4. The van der Waals surface area contributed by atoms with Crippen LogP contribution < -0.4 is 5.32 Å². The van der Waals surface area contributed by atoms with Crippen LogP contribution in [0.25, 0.3) is 0 Å². The molecule has 28 heavy (non-hydrogen) atoms. The van der Waals surface area contributed by atoms with Crippen LogP contribution in [-0.4, -0.2) is 65.8 Å². The van der Waals surface area contributed by atoms with Crippen molar-refractivity contribution in [1.29, 1.82) is 0 Å². The van der Waals surface area contributed by atoms with Gasteiger partial charge in [-0.15, -0.1) is 0 Å². The maximum atomic E-state index is 13.4. The van der Waals surface area contributed by atoms with Crippen LogP contribution in [0.15, 0.2) is 24.3 Å². The molecule has 0 saturated carbocycles. The van der Waals surface area contributed by atoms with Gasteiger partial charge in [0.2, 0.25) is 11.8 Å². The van der Waals surface area contributed by atoms with Crippen LogP contribution in [0.1, 0.15) is 32.3 Å². The lowest BCUT2D eigenvalue weighted by Crippen LogP contribution is -2.53. The summed E-state index contributed by atoms with van der Waals surface area (Å²) in [6.07, 6.45) is 1.45. The first-order valence-corrected chi connectivity index (χ1v) is 9.99. The van der Waals surface area contributed by atoms with Crippen molar-refractivity contribution in [3.8, 4) is 0 Å². The molecule has 7 nitrogen and oxygen atoms in total. The molecule has 0 radical (unpaired) electrons. The van der Waals surface area contributed by atoms with Crippen molar-refractivity contribution in [3.05, 3.63) is 29.8 Å². The minimum absolute atomic E-state index is 0.0278. The minimum atomic E-state index is -0.534. The van der Waals surface area contributed by atoms with Crippen LogP contribution >= 0.6 is 0 Å². The number of rotatable bonds is 3. The van der Waals surface area contributed by atoms with Crippen molar-refractivity contribution in [1.82, 2.24) is 14.7 Å². The van der Waals surface area contributed by atoms with E-state index < -0.39 is 6.04 Å². The normalized spacial score (nSPS) is 22.9. The second-order valence-electron chi connectivity index (χ2n) is 8.05. The number of hydrogen-bond donors (Lipinski definition) is 1. The van der Waals surface area contributed by atoms with Crippen molar-refractivity contribution in [3.63, 3.8) is 0 Å². The van der Waals surface area contributed by atoms with E-state index in [1.807, 2.05) is 38.1 Å². The molecule has 7 heteroatoms. The second kappa shape index (κ2) is 8.20. The fourth-order valence-electron chi connectivity index (χ4n) is 4.07. The Kier molecular flexibility index (Phi) is 5.91. The molecular formula is C21H30N4O3. The maximum Gasteiger partial charge on any atom is 0.321 e. The molecule has 0 aliphatic carbocycles. The predicted molar refractivity (Wildman–Crippen MR) is 108 cm³/mol. The third-order valence-corrected chi connectivity index (χ3v) is 5.90. The average molecular weight is 386 g/mol. The fourth-order valence-corrected chi connectivity index (χ4v) is 4.07. The number of amides is 4. The van der Waals surface area contributed by atoms with Crippen molar-refractivity contribution >= 4 is 23.5 Å². The van der Waals surface area contributed by atoms with E-state index in [4.69, 9.17) is 0 Å². The Balaban J connectivity index is 1.87. The first-order chi connectivity index (χ1) is 13.3. The van der Waals surface area contributed by atoms with Crippen LogP contribution in [0.3, 0.4) is 0 Å². The molecule has 2 heterocycles. The van der Waals surface area contributed by atoms with Gasteiger partial charge in [0.15, 0.2) is 0 Å². The highest BCUT2D eigenvalue weighted by Gasteiger charge is 2.41. The third kappa shape index (κ3) is 3.84. The monoisotopic (exact) mass is 386 g/mol. The van der Waals surface area contributed by atoms with E-state index in [1.54, 1.807) is 28.8 Å². The molecule has 1 fully saturated rings. The van der Waals surface area contributed by atoms with Crippen molar-refractivity contribution in [2.24, 2.45) is 11.8 Å². The molecule has 1 aromatic rings. The zero-order valence-electron chi connectivity index (χ0n) is 17.1. The summed E-state index contributed by atoms with van der Waals surface area (Å²) < 4.78 is 0. The number of benzene rings is 1. The molecule has 1 aromatic carbocycles. The predicted octanol–water partition coefficient (Wildman–Crippen LogP) is 2.39. The number of carbonyl (C=O) groups is 3. The van der Waals surface area contributed by atoms with Crippen LogP contribution in [0.5, 0.6) is 0 Å². The van der Waals surface area contributed by atoms with E-state index in [1.165, 1.54) is 0 Å². The number of nitrogens with zero attached hydrogens (tertiary/aromatic N) is 3. The summed E-state index contributed by atoms with van der Waals surface area (Å²) in [7, 11) is 3.48. The highest BCUT2D eigenvalue weighted by Crippen LogP contribution is 2.29. The molecule has 0 spiro atoms. The molecule has 0 aromatic heterocycles. The standard InChI is InChI=1S/C21H30N4O3/c1-5-14(2)18-19(26)22-17-9-7-6-8-15(17)13-25(18)21(28)24-11-10-16(12-24)20(27)23(3)4/h6-9,14,16,18H,5,10-13H2,1-4H3,(H,22,26)/t14-,16-,18-/m0/s1. The summed E-state index contributed by atoms with van der Waals surface area (Å²) in [6.45, 7) is 5.35. The zero-order chi connectivity index (χ0) is 20.4. The lowest BCUT2D eigenvalue weighted by Gasteiger charge is -2.35. The van der Waals surface area contributed by atoms with E-state index in [-0.39, 0.29) is 29.7 Å². The number of carbonyl (C=O) groups excluding carboxylic acids is 3. The zero-order valence-corrected chi connectivity index (χ0v) is 17.1. The highest BCUT2D eigenvalue weighted by atomic mass is 16.2. The Bertz CT molecular complexity index is 764. The van der Waals surface area contributed by atoms with Gasteiger partial charge >= 0.3 is 6.03 Å². The van der Waals surface area contributed by atoms with Crippen LogP contribution in [0, 0.1) is 11.8 Å². The molecule has 0 unspecified atom stereocenters. The number of para-hydroxylation sites is 1.